The molecule has 1 fully saturated rings. The first-order chi connectivity index (χ1) is 9.90. The number of aryl methyl sites for hydroxylation is 1. The Balaban J connectivity index is 1.83. The predicted octanol–water partition coefficient (Wildman–Crippen LogP) is 4.06. The zero-order valence-corrected chi connectivity index (χ0v) is 12.8. The quantitative estimate of drug-likeness (QED) is 0.874. The molecule has 2 atom stereocenters. The summed E-state index contributed by atoms with van der Waals surface area (Å²) in [7, 11) is 0. The second-order valence-electron chi connectivity index (χ2n) is 6.57. The molecule has 0 aliphatic heterocycles. The van der Waals surface area contributed by atoms with Gasteiger partial charge in [-0.15, -0.1) is 0 Å². The van der Waals surface area contributed by atoms with Gasteiger partial charge in [-0.2, -0.15) is 0 Å². The second-order valence-corrected chi connectivity index (χ2v) is 6.57. The average Bonchev–Trinajstić information content (AvgIpc) is 3.02. The minimum Gasteiger partial charge on any atom is -0.313 e. The number of rotatable bonds is 5. The van der Waals surface area contributed by atoms with Crippen molar-refractivity contribution in [2.75, 3.05) is 6.54 Å². The molecule has 0 saturated heterocycles. The maximum atomic E-state index is 4.76. The lowest BCUT2D eigenvalue weighted by Gasteiger charge is -2.35. The van der Waals surface area contributed by atoms with Crippen molar-refractivity contribution < 1.29 is 0 Å². The first kappa shape index (κ1) is 14.1. The molecule has 2 aliphatic carbocycles. The van der Waals surface area contributed by atoms with Crippen LogP contribution in [0.5, 0.6) is 0 Å². The summed E-state index contributed by atoms with van der Waals surface area (Å²) in [5, 5.41) is 3.88. The van der Waals surface area contributed by atoms with E-state index in [1.165, 1.54) is 62.6 Å². The third-order valence-corrected chi connectivity index (χ3v) is 5.21. The molecule has 1 saturated carbocycles. The molecular formula is C18H28N2. The summed E-state index contributed by atoms with van der Waals surface area (Å²) < 4.78 is 0. The molecule has 0 radical (unpaired) electrons. The maximum Gasteiger partial charge on any atom is 0.0482 e. The van der Waals surface area contributed by atoms with Crippen LogP contribution in [0, 0.1) is 5.92 Å². The molecule has 3 rings (SSSR count). The number of hydrogen-bond acceptors (Lipinski definition) is 2. The molecule has 2 aliphatic rings. The average molecular weight is 272 g/mol. The predicted molar refractivity (Wildman–Crippen MR) is 84.0 cm³/mol. The molecule has 0 amide bonds. The summed E-state index contributed by atoms with van der Waals surface area (Å²) >= 11 is 0. The van der Waals surface area contributed by atoms with Crippen molar-refractivity contribution in [2.24, 2.45) is 5.92 Å². The SMILES string of the molecule is CCCNC(C1CCCC1)C1CCCc2cccnc21. The Morgan fingerprint density at radius 2 is 2.10 bits per heavy atom. The lowest BCUT2D eigenvalue weighted by molar-refractivity contribution is 0.286. The van der Waals surface area contributed by atoms with Gasteiger partial charge in [0.05, 0.1) is 0 Å². The highest BCUT2D eigenvalue weighted by molar-refractivity contribution is 5.27. The van der Waals surface area contributed by atoms with Gasteiger partial charge in [0, 0.05) is 23.9 Å². The van der Waals surface area contributed by atoms with Crippen LogP contribution in [-0.4, -0.2) is 17.6 Å². The topological polar surface area (TPSA) is 24.9 Å². The number of nitrogens with zero attached hydrogens (tertiary/aromatic N) is 1. The lowest BCUT2D eigenvalue weighted by atomic mass is 9.77. The Hall–Kier alpha value is -0.890. The van der Waals surface area contributed by atoms with Gasteiger partial charge in [0.1, 0.15) is 0 Å². The molecule has 110 valence electrons. The Labute approximate surface area is 123 Å². The molecule has 1 N–H and O–H groups in total. The molecule has 2 nitrogen and oxygen atoms in total. The van der Waals surface area contributed by atoms with Gasteiger partial charge in [0.25, 0.3) is 0 Å². The van der Waals surface area contributed by atoms with E-state index in [-0.39, 0.29) is 0 Å². The lowest BCUT2D eigenvalue weighted by Crippen LogP contribution is -2.42. The summed E-state index contributed by atoms with van der Waals surface area (Å²) in [6.45, 7) is 3.42. The van der Waals surface area contributed by atoms with Crippen molar-refractivity contribution >= 4 is 0 Å². The van der Waals surface area contributed by atoms with Crippen molar-refractivity contribution in [1.29, 1.82) is 0 Å². The Morgan fingerprint density at radius 1 is 1.25 bits per heavy atom. The van der Waals surface area contributed by atoms with E-state index in [4.69, 9.17) is 4.98 Å². The number of pyridine rings is 1. The second kappa shape index (κ2) is 6.71. The maximum absolute atomic E-state index is 4.76. The molecule has 0 bridgehead atoms. The summed E-state index contributed by atoms with van der Waals surface area (Å²) in [5.74, 6) is 1.52. The highest BCUT2D eigenvalue weighted by atomic mass is 14.9. The van der Waals surface area contributed by atoms with Gasteiger partial charge in [-0.1, -0.05) is 25.8 Å². The van der Waals surface area contributed by atoms with Crippen LogP contribution in [0.2, 0.25) is 0 Å². The summed E-state index contributed by atoms with van der Waals surface area (Å²) in [6.07, 6.45) is 12.8. The standard InChI is InChI=1S/C18H28N2/c1-2-12-19-17(14-7-3-4-8-14)16-11-5-9-15-10-6-13-20-18(15)16/h6,10,13-14,16-17,19H,2-5,7-9,11-12H2,1H3. The van der Waals surface area contributed by atoms with E-state index in [2.05, 4.69) is 24.4 Å². The van der Waals surface area contributed by atoms with Crippen LogP contribution in [0.3, 0.4) is 0 Å². The fourth-order valence-corrected chi connectivity index (χ4v) is 4.26. The van der Waals surface area contributed by atoms with Crippen molar-refractivity contribution in [2.45, 2.75) is 70.3 Å². The van der Waals surface area contributed by atoms with Crippen molar-refractivity contribution in [3.8, 4) is 0 Å². The first-order valence-electron chi connectivity index (χ1n) is 8.57. The number of hydrogen-bond donors (Lipinski definition) is 1. The number of fused-ring (bicyclic) bond motifs is 1. The van der Waals surface area contributed by atoms with Crippen LogP contribution < -0.4 is 5.32 Å². The van der Waals surface area contributed by atoms with E-state index < -0.39 is 0 Å². The normalized spacial score (nSPS) is 24.6. The van der Waals surface area contributed by atoms with Gasteiger partial charge in [0.2, 0.25) is 0 Å². The molecule has 1 aromatic rings. The number of aromatic nitrogens is 1. The molecule has 1 heterocycles. The van der Waals surface area contributed by atoms with E-state index in [1.54, 1.807) is 0 Å². The van der Waals surface area contributed by atoms with E-state index in [0.29, 0.717) is 12.0 Å². The van der Waals surface area contributed by atoms with Crippen LogP contribution >= 0.6 is 0 Å². The first-order valence-corrected chi connectivity index (χ1v) is 8.57. The van der Waals surface area contributed by atoms with Crippen LogP contribution in [0.15, 0.2) is 18.3 Å². The zero-order chi connectivity index (χ0) is 13.8. The summed E-state index contributed by atoms with van der Waals surface area (Å²) in [4.78, 5) is 4.76. The van der Waals surface area contributed by atoms with Gasteiger partial charge in [-0.25, -0.2) is 0 Å². The van der Waals surface area contributed by atoms with Crippen LogP contribution in [0.4, 0.5) is 0 Å². The highest BCUT2D eigenvalue weighted by Crippen LogP contribution is 2.39. The molecule has 2 heteroatoms. The summed E-state index contributed by atoms with van der Waals surface area (Å²) in [5.41, 5.74) is 2.91. The fraction of sp³-hybridized carbons (Fsp3) is 0.722. The van der Waals surface area contributed by atoms with Crippen LogP contribution in [-0.2, 0) is 6.42 Å². The molecular weight excluding hydrogens is 244 g/mol. The van der Waals surface area contributed by atoms with E-state index in [1.807, 2.05) is 6.20 Å². The minimum absolute atomic E-state index is 0.648. The zero-order valence-electron chi connectivity index (χ0n) is 12.8. The molecule has 1 aromatic heterocycles. The smallest absolute Gasteiger partial charge is 0.0482 e. The van der Waals surface area contributed by atoms with Crippen LogP contribution in [0.1, 0.15) is 69.0 Å². The third kappa shape index (κ3) is 2.90. The highest BCUT2D eigenvalue weighted by Gasteiger charge is 2.34. The monoisotopic (exact) mass is 272 g/mol. The van der Waals surface area contributed by atoms with Crippen LogP contribution in [0.25, 0.3) is 0 Å². The van der Waals surface area contributed by atoms with Gasteiger partial charge >= 0.3 is 0 Å². The number of nitrogens with one attached hydrogen (secondary N) is 1. The van der Waals surface area contributed by atoms with E-state index in [9.17, 15) is 0 Å². The van der Waals surface area contributed by atoms with Crippen molar-refractivity contribution in [3.63, 3.8) is 0 Å². The summed E-state index contributed by atoms with van der Waals surface area (Å²) in [6, 6.07) is 5.05. The van der Waals surface area contributed by atoms with Crippen molar-refractivity contribution in [3.05, 3.63) is 29.6 Å². The fourth-order valence-electron chi connectivity index (χ4n) is 4.26. The molecule has 2 unspecified atom stereocenters. The van der Waals surface area contributed by atoms with E-state index in [0.717, 1.165) is 12.5 Å². The van der Waals surface area contributed by atoms with Gasteiger partial charge in [0.15, 0.2) is 0 Å². The van der Waals surface area contributed by atoms with Gasteiger partial charge < -0.3 is 5.32 Å². The van der Waals surface area contributed by atoms with Gasteiger partial charge in [-0.05, 0) is 62.6 Å². The molecule has 0 spiro atoms. The largest absolute Gasteiger partial charge is 0.313 e. The Morgan fingerprint density at radius 3 is 2.90 bits per heavy atom. The van der Waals surface area contributed by atoms with E-state index >= 15 is 0 Å². The third-order valence-electron chi connectivity index (χ3n) is 5.21. The molecule has 0 aromatic carbocycles. The molecule has 20 heavy (non-hydrogen) atoms. The van der Waals surface area contributed by atoms with Gasteiger partial charge in [-0.3, -0.25) is 4.98 Å². The minimum atomic E-state index is 0.648. The Bertz CT molecular complexity index is 423. The Kier molecular flexibility index (Phi) is 4.72. The van der Waals surface area contributed by atoms with Crippen molar-refractivity contribution in [1.82, 2.24) is 10.3 Å².